The largest absolute Gasteiger partial charge is 0.465 e. The third-order valence-electron chi connectivity index (χ3n) is 5.26. The normalized spacial score (nSPS) is 10.6. The van der Waals surface area contributed by atoms with E-state index in [4.69, 9.17) is 9.72 Å². The minimum absolute atomic E-state index is 0.0500. The zero-order chi connectivity index (χ0) is 24.8. The van der Waals surface area contributed by atoms with Gasteiger partial charge in [0.15, 0.2) is 0 Å². The standard InChI is InChI=1S/C27H24N4O3S/c1-17-8-12-19(13-9-17)24-25(20-14-10-18(2)11-15-20)30-31-27(29-24)35-16-23(32)28-22-7-5-4-6-21(22)26(33)34-3/h4-15H,16H2,1-3H3,(H,28,32). The first kappa shape index (κ1) is 24.1. The van der Waals surface area contributed by atoms with Gasteiger partial charge in [0.05, 0.1) is 24.1 Å². The molecule has 4 aromatic rings. The van der Waals surface area contributed by atoms with E-state index in [2.05, 4.69) is 15.5 Å². The van der Waals surface area contributed by atoms with Crippen molar-refractivity contribution in [2.45, 2.75) is 19.0 Å². The predicted octanol–water partition coefficient (Wildman–Crippen LogP) is 5.34. The first-order valence-electron chi connectivity index (χ1n) is 10.9. The van der Waals surface area contributed by atoms with E-state index < -0.39 is 5.97 Å². The summed E-state index contributed by atoms with van der Waals surface area (Å²) < 4.78 is 4.78. The summed E-state index contributed by atoms with van der Waals surface area (Å²) in [7, 11) is 1.30. The first-order valence-corrected chi connectivity index (χ1v) is 11.9. The maximum atomic E-state index is 12.6. The zero-order valence-corrected chi connectivity index (χ0v) is 20.4. The van der Waals surface area contributed by atoms with Gasteiger partial charge in [-0.1, -0.05) is 83.6 Å². The number of amides is 1. The van der Waals surface area contributed by atoms with E-state index in [1.54, 1.807) is 24.3 Å². The zero-order valence-electron chi connectivity index (χ0n) is 19.6. The topological polar surface area (TPSA) is 94.1 Å². The minimum atomic E-state index is -0.518. The fraction of sp³-hybridized carbons (Fsp3) is 0.148. The van der Waals surface area contributed by atoms with Crippen LogP contribution in [-0.4, -0.2) is 39.9 Å². The Hall–Kier alpha value is -4.04. The van der Waals surface area contributed by atoms with Gasteiger partial charge in [0.25, 0.3) is 0 Å². The number of nitrogens with zero attached hydrogens (tertiary/aromatic N) is 3. The summed E-state index contributed by atoms with van der Waals surface area (Å²) in [5.41, 5.74) is 6.18. The fourth-order valence-corrected chi connectivity index (χ4v) is 3.97. The van der Waals surface area contributed by atoms with Gasteiger partial charge in [-0.2, -0.15) is 0 Å². The Balaban J connectivity index is 1.56. The molecule has 0 spiro atoms. The molecule has 4 rings (SSSR count). The maximum Gasteiger partial charge on any atom is 0.339 e. The highest BCUT2D eigenvalue weighted by atomic mass is 32.2. The molecule has 0 aliphatic heterocycles. The molecule has 0 atom stereocenters. The van der Waals surface area contributed by atoms with Gasteiger partial charge in [-0.25, -0.2) is 9.78 Å². The lowest BCUT2D eigenvalue weighted by Crippen LogP contribution is -2.17. The molecule has 0 fully saturated rings. The average Bonchev–Trinajstić information content (AvgIpc) is 2.88. The number of hydrogen-bond donors (Lipinski definition) is 1. The summed E-state index contributed by atoms with van der Waals surface area (Å²) in [6, 6.07) is 22.8. The number of nitrogens with one attached hydrogen (secondary N) is 1. The molecular weight excluding hydrogens is 460 g/mol. The molecular formula is C27H24N4O3S. The molecule has 0 aliphatic carbocycles. The summed E-state index contributed by atoms with van der Waals surface area (Å²) in [6.45, 7) is 4.06. The average molecular weight is 485 g/mol. The highest BCUT2D eigenvalue weighted by molar-refractivity contribution is 7.99. The Morgan fingerprint density at radius 3 is 2.06 bits per heavy atom. The monoisotopic (exact) mass is 484 g/mol. The highest BCUT2D eigenvalue weighted by Crippen LogP contribution is 2.30. The molecule has 1 N–H and O–H groups in total. The number of aromatic nitrogens is 3. The number of esters is 1. The molecule has 35 heavy (non-hydrogen) atoms. The Bertz CT molecular complexity index is 1360. The van der Waals surface area contributed by atoms with Crippen molar-refractivity contribution in [2.75, 3.05) is 18.2 Å². The quantitative estimate of drug-likeness (QED) is 0.279. The van der Waals surface area contributed by atoms with Gasteiger partial charge in [-0.15, -0.1) is 10.2 Å². The Morgan fingerprint density at radius 1 is 0.829 bits per heavy atom. The van der Waals surface area contributed by atoms with E-state index in [0.29, 0.717) is 22.2 Å². The predicted molar refractivity (Wildman–Crippen MR) is 137 cm³/mol. The molecule has 0 saturated heterocycles. The van der Waals surface area contributed by atoms with Crippen LogP contribution in [0.2, 0.25) is 0 Å². The number of thioether (sulfide) groups is 1. The van der Waals surface area contributed by atoms with Gasteiger partial charge in [0, 0.05) is 11.1 Å². The van der Waals surface area contributed by atoms with Crippen molar-refractivity contribution in [1.82, 2.24) is 15.2 Å². The Morgan fingerprint density at radius 2 is 1.43 bits per heavy atom. The van der Waals surface area contributed by atoms with Crippen LogP contribution in [0.15, 0.2) is 78.0 Å². The molecule has 3 aromatic carbocycles. The summed E-state index contributed by atoms with van der Waals surface area (Å²) in [4.78, 5) is 29.3. The number of benzene rings is 3. The van der Waals surface area contributed by atoms with E-state index in [1.165, 1.54) is 18.9 Å². The number of aryl methyl sites for hydroxylation is 2. The summed E-state index contributed by atoms with van der Waals surface area (Å²) in [6.07, 6.45) is 0. The molecule has 7 nitrogen and oxygen atoms in total. The molecule has 0 unspecified atom stereocenters. The third kappa shape index (κ3) is 5.91. The van der Waals surface area contributed by atoms with Crippen LogP contribution in [0.3, 0.4) is 0 Å². The molecule has 1 aromatic heterocycles. The van der Waals surface area contributed by atoms with Gasteiger partial charge in [-0.3, -0.25) is 4.79 Å². The molecule has 1 amide bonds. The number of rotatable bonds is 7. The molecule has 0 radical (unpaired) electrons. The Labute approximate surface area is 208 Å². The smallest absolute Gasteiger partial charge is 0.339 e. The highest BCUT2D eigenvalue weighted by Gasteiger charge is 2.16. The van der Waals surface area contributed by atoms with Crippen LogP contribution in [0.1, 0.15) is 21.5 Å². The summed E-state index contributed by atoms with van der Waals surface area (Å²) >= 11 is 1.17. The minimum Gasteiger partial charge on any atom is -0.465 e. The van der Waals surface area contributed by atoms with Gasteiger partial charge in [0.2, 0.25) is 11.1 Å². The number of carbonyl (C=O) groups is 2. The summed E-state index contributed by atoms with van der Waals surface area (Å²) in [5, 5.41) is 11.9. The van der Waals surface area contributed by atoms with Crippen molar-refractivity contribution in [3.8, 4) is 22.5 Å². The number of anilines is 1. The lowest BCUT2D eigenvalue weighted by atomic mass is 10.0. The van der Waals surface area contributed by atoms with E-state index in [1.807, 2.05) is 62.4 Å². The van der Waals surface area contributed by atoms with Gasteiger partial charge < -0.3 is 10.1 Å². The first-order chi connectivity index (χ1) is 16.9. The SMILES string of the molecule is COC(=O)c1ccccc1NC(=O)CSc1nnc(-c2ccc(C)cc2)c(-c2ccc(C)cc2)n1. The van der Waals surface area contributed by atoms with Crippen LogP contribution in [0.25, 0.3) is 22.5 Å². The maximum absolute atomic E-state index is 12.6. The van der Waals surface area contributed by atoms with Crippen LogP contribution in [0.4, 0.5) is 5.69 Å². The number of hydrogen-bond acceptors (Lipinski definition) is 7. The molecule has 8 heteroatoms. The van der Waals surface area contributed by atoms with Crippen molar-refractivity contribution in [1.29, 1.82) is 0 Å². The van der Waals surface area contributed by atoms with E-state index in [9.17, 15) is 9.59 Å². The lowest BCUT2D eigenvalue weighted by Gasteiger charge is -2.11. The molecule has 1 heterocycles. The van der Waals surface area contributed by atoms with Crippen LogP contribution in [0, 0.1) is 13.8 Å². The van der Waals surface area contributed by atoms with Gasteiger partial charge >= 0.3 is 5.97 Å². The van der Waals surface area contributed by atoms with Crippen LogP contribution >= 0.6 is 11.8 Å². The second-order valence-corrected chi connectivity index (χ2v) is 8.84. The van der Waals surface area contributed by atoms with Gasteiger partial charge in [0.1, 0.15) is 11.4 Å². The van der Waals surface area contributed by atoms with Crippen LogP contribution in [-0.2, 0) is 9.53 Å². The van der Waals surface area contributed by atoms with E-state index in [-0.39, 0.29) is 17.2 Å². The second kappa shape index (κ2) is 10.9. The number of carbonyl (C=O) groups excluding carboxylic acids is 2. The second-order valence-electron chi connectivity index (χ2n) is 7.90. The summed E-state index contributed by atoms with van der Waals surface area (Å²) in [5.74, 6) is -0.765. The van der Waals surface area contributed by atoms with Crippen molar-refractivity contribution >= 4 is 29.3 Å². The number of para-hydroxylation sites is 1. The number of methoxy groups -OCH3 is 1. The Kier molecular flexibility index (Phi) is 7.52. The number of ether oxygens (including phenoxy) is 1. The van der Waals surface area contributed by atoms with E-state index in [0.717, 1.165) is 22.3 Å². The molecule has 0 aliphatic rings. The van der Waals surface area contributed by atoms with E-state index >= 15 is 0 Å². The molecule has 176 valence electrons. The lowest BCUT2D eigenvalue weighted by molar-refractivity contribution is -0.113. The van der Waals surface area contributed by atoms with Crippen LogP contribution in [0.5, 0.6) is 0 Å². The fourth-order valence-electron chi connectivity index (χ4n) is 3.39. The third-order valence-corrected chi connectivity index (χ3v) is 6.09. The van der Waals surface area contributed by atoms with Gasteiger partial charge in [-0.05, 0) is 26.0 Å². The van der Waals surface area contributed by atoms with Crippen molar-refractivity contribution in [3.63, 3.8) is 0 Å². The van der Waals surface area contributed by atoms with Crippen LogP contribution < -0.4 is 5.32 Å². The van der Waals surface area contributed by atoms with Crippen molar-refractivity contribution < 1.29 is 14.3 Å². The van der Waals surface area contributed by atoms with Crippen molar-refractivity contribution in [2.24, 2.45) is 0 Å². The molecule has 0 saturated carbocycles. The molecule has 0 bridgehead atoms. The van der Waals surface area contributed by atoms with Crippen molar-refractivity contribution in [3.05, 3.63) is 89.5 Å².